The van der Waals surface area contributed by atoms with Crippen LogP contribution in [0.4, 0.5) is 5.69 Å². The minimum absolute atomic E-state index is 0.347. The van der Waals surface area contributed by atoms with Crippen LogP contribution in [0, 0.1) is 6.92 Å². The Kier molecular flexibility index (Phi) is 8.20. The Morgan fingerprint density at radius 1 is 1.12 bits per heavy atom. The third-order valence-electron chi connectivity index (χ3n) is 5.91. The maximum atomic E-state index is 13.0. The van der Waals surface area contributed by atoms with Crippen molar-refractivity contribution >= 4 is 33.2 Å². The summed E-state index contributed by atoms with van der Waals surface area (Å²) in [5, 5.41) is 3.38. The van der Waals surface area contributed by atoms with Crippen LogP contribution in [0.5, 0.6) is 0 Å². The number of amides is 1. The lowest BCUT2D eigenvalue weighted by molar-refractivity contribution is -0.122. The van der Waals surface area contributed by atoms with E-state index in [1.807, 2.05) is 25.1 Å². The highest BCUT2D eigenvalue weighted by atomic mass is 35.5. The summed E-state index contributed by atoms with van der Waals surface area (Å²) in [5.74, 6) is -0.361. The third-order valence-corrected chi connectivity index (χ3v) is 7.56. The zero-order chi connectivity index (χ0) is 23.3. The number of aryl methyl sites for hydroxylation is 1. The number of halogens is 1. The number of benzene rings is 2. The van der Waals surface area contributed by atoms with Crippen LogP contribution in [0.2, 0.25) is 5.02 Å². The van der Waals surface area contributed by atoms with Crippen molar-refractivity contribution in [2.24, 2.45) is 0 Å². The molecule has 0 bridgehead atoms. The van der Waals surface area contributed by atoms with Crippen molar-refractivity contribution < 1.29 is 13.2 Å². The summed E-state index contributed by atoms with van der Waals surface area (Å²) >= 11 is 6.20. The number of rotatable bonds is 8. The minimum atomic E-state index is -3.69. The molecule has 0 saturated carbocycles. The van der Waals surface area contributed by atoms with Gasteiger partial charge in [0.1, 0.15) is 6.04 Å². The fourth-order valence-corrected chi connectivity index (χ4v) is 5.44. The van der Waals surface area contributed by atoms with Gasteiger partial charge in [0.05, 0.1) is 11.9 Å². The second-order valence-electron chi connectivity index (χ2n) is 8.49. The average molecular weight is 478 g/mol. The standard InChI is InChI=1S/C24H32ClN3O3S/c1-18-11-12-22(15-23(18)25)28(32(3,30)31)19(2)24(29)26-16-20-9-5-6-10-21(20)17-27-13-7-4-8-14-27/h5-6,9-12,15,19H,4,7-8,13-14,16-17H2,1-3H3,(H,26,29)/t19-/m1/s1. The lowest BCUT2D eigenvalue weighted by Gasteiger charge is -2.29. The molecule has 0 spiro atoms. The molecular formula is C24H32ClN3O3S. The van der Waals surface area contributed by atoms with Crippen molar-refractivity contribution in [3.8, 4) is 0 Å². The number of carbonyl (C=O) groups excluding carboxylic acids is 1. The summed E-state index contributed by atoms with van der Waals surface area (Å²) in [5.41, 5.74) is 3.44. The molecule has 0 unspecified atom stereocenters. The van der Waals surface area contributed by atoms with Gasteiger partial charge < -0.3 is 5.32 Å². The van der Waals surface area contributed by atoms with Crippen LogP contribution in [0.1, 0.15) is 42.9 Å². The maximum Gasteiger partial charge on any atom is 0.243 e. The van der Waals surface area contributed by atoms with E-state index in [4.69, 9.17) is 11.6 Å². The van der Waals surface area contributed by atoms with E-state index < -0.39 is 16.1 Å². The summed E-state index contributed by atoms with van der Waals surface area (Å²) in [7, 11) is -3.69. The smallest absolute Gasteiger partial charge is 0.243 e. The summed E-state index contributed by atoms with van der Waals surface area (Å²) in [6.45, 7) is 6.83. The lowest BCUT2D eigenvalue weighted by Crippen LogP contribution is -2.47. The number of nitrogens with one attached hydrogen (secondary N) is 1. The number of likely N-dealkylation sites (tertiary alicyclic amines) is 1. The predicted octanol–water partition coefficient (Wildman–Crippen LogP) is 4.11. The largest absolute Gasteiger partial charge is 0.350 e. The van der Waals surface area contributed by atoms with Gasteiger partial charge in [-0.1, -0.05) is 48.4 Å². The van der Waals surface area contributed by atoms with Gasteiger partial charge >= 0.3 is 0 Å². The Morgan fingerprint density at radius 3 is 2.41 bits per heavy atom. The number of hydrogen-bond acceptors (Lipinski definition) is 4. The van der Waals surface area contributed by atoms with Crippen molar-refractivity contribution in [1.29, 1.82) is 0 Å². The molecule has 3 rings (SSSR count). The quantitative estimate of drug-likeness (QED) is 0.621. The molecule has 1 N–H and O–H groups in total. The minimum Gasteiger partial charge on any atom is -0.350 e. The first-order valence-corrected chi connectivity index (χ1v) is 13.2. The average Bonchev–Trinajstić information content (AvgIpc) is 2.75. The van der Waals surface area contributed by atoms with Crippen LogP contribution in [0.15, 0.2) is 42.5 Å². The first-order chi connectivity index (χ1) is 15.2. The van der Waals surface area contributed by atoms with Crippen molar-refractivity contribution in [2.45, 2.75) is 52.2 Å². The van der Waals surface area contributed by atoms with Gasteiger partial charge in [-0.05, 0) is 68.6 Å². The molecule has 0 aliphatic carbocycles. The van der Waals surface area contributed by atoms with Gasteiger partial charge in [0, 0.05) is 18.1 Å². The fraction of sp³-hybridized carbons (Fsp3) is 0.458. The first-order valence-electron chi connectivity index (χ1n) is 11.0. The van der Waals surface area contributed by atoms with Gasteiger partial charge in [0.25, 0.3) is 0 Å². The SMILES string of the molecule is Cc1ccc(N([C@H](C)C(=O)NCc2ccccc2CN2CCCCC2)S(C)(=O)=O)cc1Cl. The van der Waals surface area contributed by atoms with Crippen LogP contribution in [-0.4, -0.2) is 44.6 Å². The second kappa shape index (κ2) is 10.7. The Bertz CT molecular complexity index is 1050. The van der Waals surface area contributed by atoms with Crippen LogP contribution in [0.3, 0.4) is 0 Å². The highest BCUT2D eigenvalue weighted by Crippen LogP contribution is 2.27. The highest BCUT2D eigenvalue weighted by Gasteiger charge is 2.29. The number of carbonyl (C=O) groups is 1. The number of anilines is 1. The third kappa shape index (κ3) is 6.24. The van der Waals surface area contributed by atoms with E-state index in [0.29, 0.717) is 17.3 Å². The van der Waals surface area contributed by atoms with Gasteiger partial charge in [-0.2, -0.15) is 0 Å². The van der Waals surface area contributed by atoms with Crippen LogP contribution >= 0.6 is 11.6 Å². The molecule has 1 aliphatic heterocycles. The molecular weight excluding hydrogens is 446 g/mol. The Labute approximate surface area is 196 Å². The van der Waals surface area contributed by atoms with E-state index >= 15 is 0 Å². The van der Waals surface area contributed by atoms with E-state index in [-0.39, 0.29) is 5.91 Å². The van der Waals surface area contributed by atoms with Gasteiger partial charge in [0.15, 0.2) is 0 Å². The molecule has 8 heteroatoms. The normalized spacial score (nSPS) is 15.9. The number of piperidine rings is 1. The molecule has 32 heavy (non-hydrogen) atoms. The number of sulfonamides is 1. The maximum absolute atomic E-state index is 13.0. The molecule has 2 aromatic carbocycles. The molecule has 0 radical (unpaired) electrons. The van der Waals surface area contributed by atoms with Crippen LogP contribution < -0.4 is 9.62 Å². The number of hydrogen-bond donors (Lipinski definition) is 1. The molecule has 1 amide bonds. The summed E-state index contributed by atoms with van der Waals surface area (Å²) in [4.78, 5) is 15.4. The molecule has 174 valence electrons. The molecule has 1 fully saturated rings. The van der Waals surface area contributed by atoms with Crippen molar-refractivity contribution in [1.82, 2.24) is 10.2 Å². The monoisotopic (exact) mass is 477 g/mol. The van der Waals surface area contributed by atoms with Gasteiger partial charge in [-0.3, -0.25) is 14.0 Å². The van der Waals surface area contributed by atoms with Gasteiger partial charge in [-0.15, -0.1) is 0 Å². The lowest BCUT2D eigenvalue weighted by atomic mass is 10.0. The zero-order valence-corrected chi connectivity index (χ0v) is 20.5. The van der Waals surface area contributed by atoms with Crippen molar-refractivity contribution in [3.05, 3.63) is 64.2 Å². The van der Waals surface area contributed by atoms with Crippen molar-refractivity contribution in [2.75, 3.05) is 23.7 Å². The predicted molar refractivity (Wildman–Crippen MR) is 130 cm³/mol. The molecule has 1 atom stereocenters. The number of nitrogens with zero attached hydrogens (tertiary/aromatic N) is 2. The Morgan fingerprint density at radius 2 is 1.78 bits per heavy atom. The van der Waals surface area contributed by atoms with E-state index in [9.17, 15) is 13.2 Å². The topological polar surface area (TPSA) is 69.7 Å². The van der Waals surface area contributed by atoms with Crippen LogP contribution in [-0.2, 0) is 27.9 Å². The fourth-order valence-electron chi connectivity index (χ4n) is 4.10. The van der Waals surface area contributed by atoms with Crippen molar-refractivity contribution in [3.63, 3.8) is 0 Å². The molecule has 2 aromatic rings. The second-order valence-corrected chi connectivity index (χ2v) is 10.8. The van der Waals surface area contributed by atoms with Gasteiger partial charge in [-0.25, -0.2) is 8.42 Å². The Balaban J connectivity index is 1.72. The molecule has 1 saturated heterocycles. The molecule has 6 nitrogen and oxygen atoms in total. The van der Waals surface area contributed by atoms with Crippen LogP contribution in [0.25, 0.3) is 0 Å². The van der Waals surface area contributed by atoms with E-state index in [1.54, 1.807) is 25.1 Å². The Hall–Kier alpha value is -2.09. The van der Waals surface area contributed by atoms with Gasteiger partial charge in [0.2, 0.25) is 15.9 Å². The highest BCUT2D eigenvalue weighted by molar-refractivity contribution is 7.92. The summed E-state index contributed by atoms with van der Waals surface area (Å²) < 4.78 is 26.2. The zero-order valence-electron chi connectivity index (χ0n) is 19.0. The first kappa shape index (κ1) is 24.6. The van der Waals surface area contributed by atoms with E-state index in [2.05, 4.69) is 16.3 Å². The summed E-state index contributed by atoms with van der Waals surface area (Å²) in [6, 6.07) is 12.2. The summed E-state index contributed by atoms with van der Waals surface area (Å²) in [6.07, 6.45) is 4.83. The van der Waals surface area contributed by atoms with E-state index in [0.717, 1.165) is 41.3 Å². The molecule has 1 aliphatic rings. The molecule has 0 aromatic heterocycles. The molecule has 1 heterocycles. The van der Waals surface area contributed by atoms with E-state index in [1.165, 1.54) is 24.8 Å².